The van der Waals surface area contributed by atoms with Gasteiger partial charge in [-0.1, -0.05) is 0 Å². The van der Waals surface area contributed by atoms with Crippen LogP contribution in [0.5, 0.6) is 0 Å². The van der Waals surface area contributed by atoms with Gasteiger partial charge in [0.25, 0.3) is 0 Å². The van der Waals surface area contributed by atoms with Crippen molar-refractivity contribution < 1.29 is 5.11 Å². The lowest BCUT2D eigenvalue weighted by atomic mass is 10.0. The summed E-state index contributed by atoms with van der Waals surface area (Å²) in [6.45, 7) is 3.74. The Bertz CT molecular complexity index is 140. The summed E-state index contributed by atoms with van der Waals surface area (Å²) in [6, 6.07) is 0.958. The minimum Gasteiger partial charge on any atom is -0.395 e. The second kappa shape index (κ2) is 3.09. The van der Waals surface area contributed by atoms with Crippen molar-refractivity contribution in [2.45, 2.75) is 24.9 Å². The Labute approximate surface area is 67.4 Å². The molecule has 2 aliphatic heterocycles. The maximum Gasteiger partial charge on any atom is 0.0599 e. The number of nitrogens with zero attached hydrogens (tertiary/aromatic N) is 1. The normalized spacial score (nSPS) is 39.0. The van der Waals surface area contributed by atoms with Crippen LogP contribution in [0, 0.1) is 0 Å². The fourth-order valence-corrected chi connectivity index (χ4v) is 2.30. The van der Waals surface area contributed by atoms with Gasteiger partial charge in [0.1, 0.15) is 0 Å². The maximum atomic E-state index is 9.05. The number of hydrogen-bond donors (Lipinski definition) is 2. The molecule has 0 aromatic carbocycles. The van der Waals surface area contributed by atoms with E-state index in [2.05, 4.69) is 10.2 Å². The van der Waals surface area contributed by atoms with Crippen molar-refractivity contribution >= 4 is 0 Å². The second-order valence-corrected chi connectivity index (χ2v) is 3.49. The lowest BCUT2D eigenvalue weighted by molar-refractivity contribution is 0.116. The summed E-state index contributed by atoms with van der Waals surface area (Å²) in [5, 5.41) is 12.4. The minimum absolute atomic E-state index is 0.293. The van der Waals surface area contributed by atoms with Gasteiger partial charge in [-0.3, -0.25) is 4.90 Å². The van der Waals surface area contributed by atoms with Gasteiger partial charge >= 0.3 is 0 Å². The van der Waals surface area contributed by atoms with Gasteiger partial charge in [-0.25, -0.2) is 0 Å². The topological polar surface area (TPSA) is 35.5 Å². The van der Waals surface area contributed by atoms with Crippen LogP contribution in [0.3, 0.4) is 0 Å². The van der Waals surface area contributed by atoms with Gasteiger partial charge in [0.2, 0.25) is 0 Å². The van der Waals surface area contributed by atoms with Crippen LogP contribution in [0.15, 0.2) is 0 Å². The van der Waals surface area contributed by atoms with Crippen molar-refractivity contribution in [1.29, 1.82) is 0 Å². The summed E-state index contributed by atoms with van der Waals surface area (Å²) in [4.78, 5) is 2.50. The summed E-state index contributed by atoms with van der Waals surface area (Å²) in [5.74, 6) is 0. The van der Waals surface area contributed by atoms with E-state index in [1.807, 2.05) is 0 Å². The molecule has 2 atom stereocenters. The van der Waals surface area contributed by atoms with Crippen LogP contribution in [0.2, 0.25) is 0 Å². The lowest BCUT2D eigenvalue weighted by Gasteiger charge is -2.36. The van der Waals surface area contributed by atoms with Gasteiger partial charge in [0.05, 0.1) is 6.61 Å². The highest BCUT2D eigenvalue weighted by atomic mass is 16.3. The van der Waals surface area contributed by atoms with E-state index in [9.17, 15) is 0 Å². The first-order valence-corrected chi connectivity index (χ1v) is 4.50. The number of hydrogen-bond acceptors (Lipinski definition) is 3. The summed E-state index contributed by atoms with van der Waals surface area (Å²) >= 11 is 0. The summed E-state index contributed by atoms with van der Waals surface area (Å²) in [6.07, 6.45) is 2.57. The zero-order valence-corrected chi connectivity index (χ0v) is 6.79. The van der Waals surface area contributed by atoms with E-state index >= 15 is 0 Å². The van der Waals surface area contributed by atoms with Crippen LogP contribution in [0.4, 0.5) is 0 Å². The van der Waals surface area contributed by atoms with E-state index in [1.165, 1.54) is 25.9 Å². The maximum absolute atomic E-state index is 9.05. The van der Waals surface area contributed by atoms with E-state index in [1.54, 1.807) is 0 Å². The average Bonchev–Trinajstić information content (AvgIpc) is 2.50. The van der Waals surface area contributed by atoms with Crippen molar-refractivity contribution in [3.05, 3.63) is 0 Å². The van der Waals surface area contributed by atoms with E-state index in [-0.39, 0.29) is 0 Å². The van der Waals surface area contributed by atoms with Crippen LogP contribution in [0.1, 0.15) is 12.8 Å². The van der Waals surface area contributed by atoms with E-state index in [4.69, 9.17) is 5.11 Å². The summed E-state index contributed by atoms with van der Waals surface area (Å²) in [5.41, 5.74) is 0. The van der Waals surface area contributed by atoms with Gasteiger partial charge in [0, 0.05) is 25.2 Å². The molecule has 0 bridgehead atoms. The third kappa shape index (κ3) is 1.28. The van der Waals surface area contributed by atoms with Gasteiger partial charge < -0.3 is 10.4 Å². The van der Waals surface area contributed by atoms with Crippen LogP contribution in [-0.4, -0.2) is 48.3 Å². The Morgan fingerprint density at radius 2 is 2.36 bits per heavy atom. The first kappa shape index (κ1) is 7.53. The molecule has 0 unspecified atom stereocenters. The van der Waals surface area contributed by atoms with E-state index < -0.39 is 0 Å². The number of aliphatic hydroxyl groups excluding tert-OH is 1. The van der Waals surface area contributed by atoms with Crippen molar-refractivity contribution in [1.82, 2.24) is 10.2 Å². The van der Waals surface area contributed by atoms with Crippen LogP contribution in [0.25, 0.3) is 0 Å². The Kier molecular flexibility index (Phi) is 2.11. The molecule has 64 valence electrons. The highest BCUT2D eigenvalue weighted by Crippen LogP contribution is 2.21. The zero-order valence-electron chi connectivity index (χ0n) is 6.79. The molecule has 0 radical (unpaired) electrons. The SMILES string of the molecule is OC[C@H]1NCCN2CCC[C@H]12. The molecule has 11 heavy (non-hydrogen) atoms. The molecule has 3 heteroatoms. The number of piperazine rings is 1. The first-order valence-electron chi connectivity index (χ1n) is 4.50. The standard InChI is InChI=1S/C8H16N2O/c11-6-7-8-2-1-4-10(8)5-3-9-7/h7-9,11H,1-6H2/t7-,8-/m1/s1. The highest BCUT2D eigenvalue weighted by molar-refractivity contribution is 4.92. The lowest BCUT2D eigenvalue weighted by Crippen LogP contribution is -2.56. The fourth-order valence-electron chi connectivity index (χ4n) is 2.30. The van der Waals surface area contributed by atoms with Gasteiger partial charge in [-0.15, -0.1) is 0 Å². The third-order valence-electron chi connectivity index (χ3n) is 2.88. The summed E-state index contributed by atoms with van der Waals surface area (Å²) in [7, 11) is 0. The molecule has 2 rings (SSSR count). The number of nitrogens with one attached hydrogen (secondary N) is 1. The fraction of sp³-hybridized carbons (Fsp3) is 1.00. The molecule has 0 aliphatic carbocycles. The Morgan fingerprint density at radius 1 is 1.45 bits per heavy atom. The predicted molar refractivity (Wildman–Crippen MR) is 43.5 cm³/mol. The Morgan fingerprint density at radius 3 is 3.18 bits per heavy atom. The second-order valence-electron chi connectivity index (χ2n) is 3.49. The molecule has 0 aromatic rings. The molecular formula is C8H16N2O. The molecule has 2 N–H and O–H groups in total. The molecule has 0 aromatic heterocycles. The van der Waals surface area contributed by atoms with Crippen LogP contribution >= 0.6 is 0 Å². The van der Waals surface area contributed by atoms with Crippen molar-refractivity contribution in [3.8, 4) is 0 Å². The van der Waals surface area contributed by atoms with Crippen molar-refractivity contribution in [2.75, 3.05) is 26.2 Å². The van der Waals surface area contributed by atoms with Gasteiger partial charge in [-0.05, 0) is 19.4 Å². The third-order valence-corrected chi connectivity index (χ3v) is 2.88. The zero-order chi connectivity index (χ0) is 7.68. The smallest absolute Gasteiger partial charge is 0.0599 e. The average molecular weight is 156 g/mol. The largest absolute Gasteiger partial charge is 0.395 e. The van der Waals surface area contributed by atoms with Crippen LogP contribution < -0.4 is 5.32 Å². The highest BCUT2D eigenvalue weighted by Gasteiger charge is 2.33. The van der Waals surface area contributed by atoms with E-state index in [0.717, 1.165) is 6.54 Å². The first-order chi connectivity index (χ1) is 5.42. The summed E-state index contributed by atoms with van der Waals surface area (Å²) < 4.78 is 0. The molecule has 3 nitrogen and oxygen atoms in total. The molecule has 0 spiro atoms. The molecule has 2 fully saturated rings. The number of rotatable bonds is 1. The van der Waals surface area contributed by atoms with Gasteiger partial charge in [-0.2, -0.15) is 0 Å². The molecule has 2 aliphatic rings. The van der Waals surface area contributed by atoms with Crippen molar-refractivity contribution in [3.63, 3.8) is 0 Å². The number of aliphatic hydroxyl groups is 1. The minimum atomic E-state index is 0.293. The van der Waals surface area contributed by atoms with Crippen LogP contribution in [-0.2, 0) is 0 Å². The predicted octanol–water partition coefficient (Wildman–Crippen LogP) is -0.585. The molecule has 2 saturated heterocycles. The molecular weight excluding hydrogens is 140 g/mol. The van der Waals surface area contributed by atoms with Crippen molar-refractivity contribution in [2.24, 2.45) is 0 Å². The molecule has 0 saturated carbocycles. The monoisotopic (exact) mass is 156 g/mol. The van der Waals surface area contributed by atoms with Gasteiger partial charge in [0.15, 0.2) is 0 Å². The molecule has 2 heterocycles. The number of fused-ring (bicyclic) bond motifs is 1. The Balaban J connectivity index is 2.00. The quantitative estimate of drug-likeness (QED) is 0.533. The Hall–Kier alpha value is -0.120. The van der Waals surface area contributed by atoms with E-state index in [0.29, 0.717) is 18.7 Å². The molecule has 0 amide bonds.